The number of carbonyl (C=O) groups is 3. The van der Waals surface area contributed by atoms with E-state index in [4.69, 9.17) is 24.7 Å². The van der Waals surface area contributed by atoms with Gasteiger partial charge in [-0.3, -0.25) is 14.4 Å². The van der Waals surface area contributed by atoms with Gasteiger partial charge in [-0.1, -0.05) is 27.7 Å². The maximum atomic E-state index is 13.1. The quantitative estimate of drug-likeness (QED) is 0.216. The summed E-state index contributed by atoms with van der Waals surface area (Å²) in [6, 6.07) is 1.24. The molecule has 0 aliphatic carbocycles. The summed E-state index contributed by atoms with van der Waals surface area (Å²) in [5.41, 5.74) is 3.77. The number of H-pyrrole nitrogens is 1. The van der Waals surface area contributed by atoms with Crippen molar-refractivity contribution in [3.8, 4) is 0 Å². The summed E-state index contributed by atoms with van der Waals surface area (Å²) in [7, 11) is 0. The third kappa shape index (κ3) is 5.10. The molecule has 4 unspecified atom stereocenters. The summed E-state index contributed by atoms with van der Waals surface area (Å²) in [4.78, 5) is 49.4. The molecule has 1 aromatic carbocycles. The summed E-state index contributed by atoms with van der Waals surface area (Å²) in [5.74, 6) is -3.13. The average Bonchev–Trinajstić information content (AvgIpc) is 3.34. The lowest BCUT2D eigenvalue weighted by Crippen LogP contribution is -2.45. The Morgan fingerprint density at radius 3 is 2.45 bits per heavy atom. The second-order valence-corrected chi connectivity index (χ2v) is 10.3. The predicted molar refractivity (Wildman–Crippen MR) is 138 cm³/mol. The molecule has 40 heavy (non-hydrogen) atoms. The van der Waals surface area contributed by atoms with Crippen molar-refractivity contribution >= 4 is 45.4 Å². The molecule has 4 atom stereocenters. The molecule has 5 N–H and O–H groups in total. The number of nitrogen functional groups attached to an aromatic ring is 1. The van der Waals surface area contributed by atoms with E-state index in [1.165, 1.54) is 19.2 Å². The van der Waals surface area contributed by atoms with Crippen LogP contribution in [0.25, 0.3) is 21.7 Å². The number of carbonyl (C=O) groups excluding carboxylic acids is 3. The van der Waals surface area contributed by atoms with Gasteiger partial charge in [-0.25, -0.2) is 14.6 Å². The number of nitrogens with two attached hydrogens (primary N) is 1. The molecule has 0 saturated carbocycles. The normalized spacial score (nSPS) is 22.8. The van der Waals surface area contributed by atoms with Crippen LogP contribution in [0.4, 0.5) is 5.82 Å². The third-order valence-electron chi connectivity index (χ3n) is 6.57. The minimum absolute atomic E-state index is 0.0255. The lowest BCUT2D eigenvalue weighted by atomic mass is 9.96. The Bertz CT molecular complexity index is 1530. The standard InChI is InChI=1S/C25H31N5O10/c1-10(2)21(33)37-8-15-18(31)25(5,36)24(40-15)30-19(26)17-13(23(35)39-9-38-22(34)11(3)4)6-12-16(17)14(29-30)7-27-28-20(12)32/h6-7,10-11,15,18,24,31,36H,8-9,26H2,1-5H3,(H,28,32). The van der Waals surface area contributed by atoms with Crippen LogP contribution in [0.3, 0.4) is 0 Å². The smallest absolute Gasteiger partial charge is 0.341 e. The highest BCUT2D eigenvalue weighted by Crippen LogP contribution is 2.42. The van der Waals surface area contributed by atoms with Gasteiger partial charge in [-0.2, -0.15) is 10.2 Å². The van der Waals surface area contributed by atoms with E-state index in [1.54, 1.807) is 27.7 Å². The topological polar surface area (TPSA) is 218 Å². The van der Waals surface area contributed by atoms with Crippen molar-refractivity contribution in [2.75, 3.05) is 19.1 Å². The van der Waals surface area contributed by atoms with Crippen molar-refractivity contribution in [3.63, 3.8) is 0 Å². The Hall–Kier alpha value is -4.08. The largest absolute Gasteiger partial charge is 0.463 e. The van der Waals surface area contributed by atoms with E-state index in [-0.39, 0.29) is 39.7 Å². The van der Waals surface area contributed by atoms with Crippen LogP contribution in [-0.4, -0.2) is 79.3 Å². The fourth-order valence-electron chi connectivity index (χ4n) is 4.30. The van der Waals surface area contributed by atoms with Crippen LogP contribution < -0.4 is 11.3 Å². The summed E-state index contributed by atoms with van der Waals surface area (Å²) < 4.78 is 22.1. The number of esters is 3. The van der Waals surface area contributed by atoms with Crippen molar-refractivity contribution in [2.45, 2.75) is 58.7 Å². The molecule has 2 aromatic heterocycles. The van der Waals surface area contributed by atoms with E-state index in [0.29, 0.717) is 0 Å². The second-order valence-electron chi connectivity index (χ2n) is 10.3. The summed E-state index contributed by atoms with van der Waals surface area (Å²) in [5, 5.41) is 32.8. The number of hydrogen-bond donors (Lipinski definition) is 4. The lowest BCUT2D eigenvalue weighted by molar-refractivity contribution is -0.156. The molecular formula is C25H31N5O10. The monoisotopic (exact) mass is 561 g/mol. The van der Waals surface area contributed by atoms with Crippen LogP contribution in [0, 0.1) is 11.8 Å². The predicted octanol–water partition coefficient (Wildman–Crippen LogP) is 0.377. The molecule has 15 nitrogen and oxygen atoms in total. The fraction of sp³-hybridized carbons (Fsp3) is 0.520. The first-order valence-electron chi connectivity index (χ1n) is 12.5. The molecule has 0 amide bonds. The first kappa shape index (κ1) is 28.9. The van der Waals surface area contributed by atoms with Gasteiger partial charge in [0.15, 0.2) is 6.23 Å². The number of aliphatic hydroxyl groups excluding tert-OH is 1. The van der Waals surface area contributed by atoms with Crippen molar-refractivity contribution in [2.24, 2.45) is 11.8 Å². The molecule has 4 rings (SSSR count). The zero-order chi connectivity index (χ0) is 29.5. The Morgan fingerprint density at radius 2 is 1.80 bits per heavy atom. The molecule has 216 valence electrons. The van der Waals surface area contributed by atoms with Gasteiger partial charge in [-0.15, -0.1) is 0 Å². The number of hydrogen-bond acceptors (Lipinski definition) is 13. The highest BCUT2D eigenvalue weighted by molar-refractivity contribution is 6.21. The molecule has 0 bridgehead atoms. The molecule has 3 aromatic rings. The van der Waals surface area contributed by atoms with Gasteiger partial charge in [0, 0.05) is 10.8 Å². The minimum atomic E-state index is -1.99. The Kier molecular flexibility index (Phi) is 7.83. The zero-order valence-corrected chi connectivity index (χ0v) is 22.5. The van der Waals surface area contributed by atoms with Gasteiger partial charge < -0.3 is 34.9 Å². The fourth-order valence-corrected chi connectivity index (χ4v) is 4.30. The van der Waals surface area contributed by atoms with Gasteiger partial charge in [0.05, 0.1) is 29.0 Å². The zero-order valence-electron chi connectivity index (χ0n) is 22.5. The summed E-state index contributed by atoms with van der Waals surface area (Å²) >= 11 is 0. The number of nitrogens with one attached hydrogen (secondary N) is 1. The van der Waals surface area contributed by atoms with E-state index in [9.17, 15) is 29.4 Å². The van der Waals surface area contributed by atoms with E-state index in [1.807, 2.05) is 0 Å². The van der Waals surface area contributed by atoms with Crippen LogP contribution in [0.2, 0.25) is 0 Å². The number of nitrogens with zero attached hydrogens (tertiary/aromatic N) is 3. The first-order valence-corrected chi connectivity index (χ1v) is 12.5. The number of anilines is 1. The van der Waals surface area contributed by atoms with E-state index in [0.717, 1.165) is 4.68 Å². The van der Waals surface area contributed by atoms with Crippen molar-refractivity contribution in [3.05, 3.63) is 28.2 Å². The third-order valence-corrected chi connectivity index (χ3v) is 6.57. The molecular weight excluding hydrogens is 530 g/mol. The number of aromatic nitrogens is 4. The van der Waals surface area contributed by atoms with Crippen molar-refractivity contribution < 1.29 is 43.5 Å². The minimum Gasteiger partial charge on any atom is -0.463 e. The van der Waals surface area contributed by atoms with Crippen LogP contribution in [-0.2, 0) is 28.5 Å². The molecule has 1 saturated heterocycles. The van der Waals surface area contributed by atoms with Gasteiger partial charge in [-0.05, 0) is 13.0 Å². The lowest BCUT2D eigenvalue weighted by Gasteiger charge is -2.28. The van der Waals surface area contributed by atoms with Gasteiger partial charge in [0.1, 0.15) is 35.8 Å². The highest BCUT2D eigenvalue weighted by Gasteiger charge is 2.54. The Balaban J connectivity index is 1.78. The average molecular weight is 562 g/mol. The van der Waals surface area contributed by atoms with Crippen LogP contribution in [0.1, 0.15) is 51.2 Å². The maximum Gasteiger partial charge on any atom is 0.341 e. The highest BCUT2D eigenvalue weighted by atomic mass is 16.7. The van der Waals surface area contributed by atoms with E-state index < -0.39 is 66.1 Å². The molecule has 15 heteroatoms. The van der Waals surface area contributed by atoms with Crippen LogP contribution >= 0.6 is 0 Å². The second kappa shape index (κ2) is 10.8. The Labute approximate surface area is 227 Å². The number of aromatic amines is 1. The van der Waals surface area contributed by atoms with Gasteiger partial charge >= 0.3 is 17.9 Å². The van der Waals surface area contributed by atoms with E-state index in [2.05, 4.69) is 15.3 Å². The summed E-state index contributed by atoms with van der Waals surface area (Å²) in [6.45, 7) is 6.77. The van der Waals surface area contributed by atoms with Crippen LogP contribution in [0.15, 0.2) is 17.1 Å². The van der Waals surface area contributed by atoms with Gasteiger partial charge in [0.25, 0.3) is 5.56 Å². The molecule has 1 fully saturated rings. The maximum absolute atomic E-state index is 13.1. The van der Waals surface area contributed by atoms with Crippen molar-refractivity contribution in [1.82, 2.24) is 20.0 Å². The van der Waals surface area contributed by atoms with E-state index >= 15 is 0 Å². The molecule has 0 spiro atoms. The SMILES string of the molecule is CC(C)C(=O)OCOC(=O)c1cc2c(=O)[nH]ncc3nn(C4OC(COC(=O)C(C)C)C(O)C4(C)O)c(N)c1c32. The molecule has 0 radical (unpaired) electrons. The molecule has 3 heterocycles. The van der Waals surface area contributed by atoms with Gasteiger partial charge in [0.2, 0.25) is 6.79 Å². The number of aliphatic hydroxyl groups is 2. The summed E-state index contributed by atoms with van der Waals surface area (Å²) in [6.07, 6.45) is -2.86. The molecule has 1 aliphatic heterocycles. The van der Waals surface area contributed by atoms with Crippen LogP contribution in [0.5, 0.6) is 0 Å². The number of ether oxygens (including phenoxy) is 4. The number of rotatable bonds is 8. The first-order chi connectivity index (χ1) is 18.7. The van der Waals surface area contributed by atoms with Crippen molar-refractivity contribution in [1.29, 1.82) is 0 Å². The Morgan fingerprint density at radius 1 is 1.15 bits per heavy atom. The molecule has 1 aliphatic rings.